The Bertz CT molecular complexity index is 739. The molecule has 2 aromatic heterocycles. The fraction of sp³-hybridized carbons (Fsp3) is 0.417. The third-order valence-electron chi connectivity index (χ3n) is 3.00. The van der Waals surface area contributed by atoms with E-state index in [1.165, 1.54) is 11.6 Å². The van der Waals surface area contributed by atoms with Gasteiger partial charge in [-0.25, -0.2) is 4.79 Å². The summed E-state index contributed by atoms with van der Waals surface area (Å²) in [6, 6.07) is 1.72. The average Bonchev–Trinajstić information content (AvgIpc) is 2.83. The van der Waals surface area contributed by atoms with Crippen molar-refractivity contribution in [2.75, 3.05) is 11.1 Å². The molecule has 2 aromatic rings. The van der Waals surface area contributed by atoms with E-state index in [-0.39, 0.29) is 11.5 Å². The Morgan fingerprint density at radius 2 is 2.05 bits per heavy atom. The van der Waals surface area contributed by atoms with Crippen molar-refractivity contribution < 1.29 is 0 Å². The number of nitrogen functional groups attached to an aromatic ring is 1. The fourth-order valence-electron chi connectivity index (χ4n) is 1.95. The molecule has 0 saturated heterocycles. The Morgan fingerprint density at radius 1 is 1.35 bits per heavy atom. The van der Waals surface area contributed by atoms with Gasteiger partial charge in [0.05, 0.1) is 0 Å². The van der Waals surface area contributed by atoms with Crippen molar-refractivity contribution in [2.24, 2.45) is 14.1 Å². The quantitative estimate of drug-likeness (QED) is 0.821. The number of nitrogens with two attached hydrogens (primary N) is 1. The number of aryl methyl sites for hydroxylation is 1. The molecule has 0 amide bonds. The first kappa shape index (κ1) is 13.9. The summed E-state index contributed by atoms with van der Waals surface area (Å²) in [5, 5.41) is 7.01. The lowest BCUT2D eigenvalue weighted by Crippen LogP contribution is -2.40. The monoisotopic (exact) mass is 278 g/mol. The molecule has 0 aliphatic heterocycles. The topological polar surface area (TPSA) is 99.9 Å². The first-order valence-corrected chi connectivity index (χ1v) is 6.31. The van der Waals surface area contributed by atoms with Crippen LogP contribution >= 0.6 is 0 Å². The van der Waals surface area contributed by atoms with Crippen molar-refractivity contribution in [2.45, 2.75) is 19.9 Å². The summed E-state index contributed by atoms with van der Waals surface area (Å²) in [7, 11) is 3.20. The average molecular weight is 278 g/mol. The van der Waals surface area contributed by atoms with Gasteiger partial charge >= 0.3 is 5.69 Å². The van der Waals surface area contributed by atoms with Crippen LogP contribution in [0.1, 0.15) is 13.3 Å². The van der Waals surface area contributed by atoms with Crippen LogP contribution in [-0.4, -0.2) is 18.9 Å². The van der Waals surface area contributed by atoms with Gasteiger partial charge in [0.1, 0.15) is 11.5 Å². The molecule has 20 heavy (non-hydrogen) atoms. The van der Waals surface area contributed by atoms with Gasteiger partial charge in [0.15, 0.2) is 5.82 Å². The van der Waals surface area contributed by atoms with E-state index in [9.17, 15) is 9.59 Å². The molecule has 0 saturated carbocycles. The zero-order valence-electron chi connectivity index (χ0n) is 11.8. The van der Waals surface area contributed by atoms with Gasteiger partial charge in [-0.15, -0.1) is 0 Å². The molecule has 2 heterocycles. The smallest absolute Gasteiger partial charge is 0.332 e. The molecule has 2 rings (SSSR count). The molecule has 0 aliphatic carbocycles. The van der Waals surface area contributed by atoms with E-state index in [0.717, 1.165) is 11.0 Å². The lowest BCUT2D eigenvalue weighted by atomic mass is 10.4. The number of rotatable bonds is 4. The lowest BCUT2D eigenvalue weighted by Gasteiger charge is -2.14. The minimum Gasteiger partial charge on any atom is -0.383 e. The second kappa shape index (κ2) is 5.24. The van der Waals surface area contributed by atoms with Gasteiger partial charge in [0, 0.05) is 32.9 Å². The predicted octanol–water partition coefficient (Wildman–Crippen LogP) is 0.0163. The molecule has 0 spiro atoms. The number of hydrogen-bond acceptors (Lipinski definition) is 5. The molecule has 0 radical (unpaired) electrons. The SMILES string of the molecule is CCCn1c(N)c(Nc2ccn(C)n2)c(=O)n(C)c1=O. The molecule has 0 aliphatic rings. The number of nitrogens with one attached hydrogen (secondary N) is 1. The van der Waals surface area contributed by atoms with Gasteiger partial charge in [-0.2, -0.15) is 5.10 Å². The first-order chi connectivity index (χ1) is 9.45. The zero-order valence-corrected chi connectivity index (χ0v) is 11.8. The molecule has 8 heteroatoms. The van der Waals surface area contributed by atoms with Gasteiger partial charge in [0.25, 0.3) is 5.56 Å². The summed E-state index contributed by atoms with van der Waals surface area (Å²) in [6.07, 6.45) is 2.48. The molecule has 0 unspecified atom stereocenters. The van der Waals surface area contributed by atoms with Crippen LogP contribution < -0.4 is 22.3 Å². The Labute approximate surface area is 115 Å². The van der Waals surface area contributed by atoms with Crippen LogP contribution in [0.4, 0.5) is 17.3 Å². The van der Waals surface area contributed by atoms with Crippen LogP contribution in [0, 0.1) is 0 Å². The summed E-state index contributed by atoms with van der Waals surface area (Å²) in [6.45, 7) is 2.39. The Kier molecular flexibility index (Phi) is 3.64. The van der Waals surface area contributed by atoms with E-state index < -0.39 is 11.2 Å². The van der Waals surface area contributed by atoms with Gasteiger partial charge in [-0.05, 0) is 6.42 Å². The highest BCUT2D eigenvalue weighted by atomic mass is 16.2. The largest absolute Gasteiger partial charge is 0.383 e. The zero-order chi connectivity index (χ0) is 14.9. The predicted molar refractivity (Wildman–Crippen MR) is 77.1 cm³/mol. The highest BCUT2D eigenvalue weighted by Gasteiger charge is 2.15. The van der Waals surface area contributed by atoms with Crippen LogP contribution in [-0.2, 0) is 20.6 Å². The van der Waals surface area contributed by atoms with E-state index in [4.69, 9.17) is 5.73 Å². The van der Waals surface area contributed by atoms with E-state index in [1.54, 1.807) is 24.0 Å². The summed E-state index contributed by atoms with van der Waals surface area (Å²) in [4.78, 5) is 24.2. The number of anilines is 3. The number of hydrogen-bond donors (Lipinski definition) is 2. The van der Waals surface area contributed by atoms with E-state index >= 15 is 0 Å². The maximum Gasteiger partial charge on any atom is 0.332 e. The third kappa shape index (κ3) is 2.31. The molecule has 108 valence electrons. The maximum atomic E-state index is 12.2. The van der Waals surface area contributed by atoms with Crippen LogP contribution in [0.25, 0.3) is 0 Å². The van der Waals surface area contributed by atoms with E-state index in [2.05, 4.69) is 10.4 Å². The highest BCUT2D eigenvalue weighted by Crippen LogP contribution is 2.16. The number of aromatic nitrogens is 4. The molecule has 0 atom stereocenters. The van der Waals surface area contributed by atoms with Crippen LogP contribution in [0.5, 0.6) is 0 Å². The minimum absolute atomic E-state index is 0.130. The Hall–Kier alpha value is -2.51. The molecule has 0 bridgehead atoms. The summed E-state index contributed by atoms with van der Waals surface area (Å²) < 4.78 is 4.02. The first-order valence-electron chi connectivity index (χ1n) is 6.31. The van der Waals surface area contributed by atoms with Gasteiger partial charge < -0.3 is 11.1 Å². The Balaban J connectivity index is 2.57. The standard InChI is InChI=1S/C12H18N6O2/c1-4-6-18-10(13)9(11(19)17(3)12(18)20)14-8-5-7-16(2)15-8/h5,7H,4,6,13H2,1-3H3,(H,14,15). The van der Waals surface area contributed by atoms with Crippen molar-refractivity contribution in [3.05, 3.63) is 33.1 Å². The van der Waals surface area contributed by atoms with E-state index in [0.29, 0.717) is 12.4 Å². The molecule has 0 fully saturated rings. The summed E-state index contributed by atoms with van der Waals surface area (Å²) in [5.41, 5.74) is 5.23. The number of nitrogens with zero attached hydrogens (tertiary/aromatic N) is 4. The van der Waals surface area contributed by atoms with Crippen molar-refractivity contribution in [3.63, 3.8) is 0 Å². The second-order valence-corrected chi connectivity index (χ2v) is 4.56. The third-order valence-corrected chi connectivity index (χ3v) is 3.00. The van der Waals surface area contributed by atoms with Crippen LogP contribution in [0.15, 0.2) is 21.9 Å². The lowest BCUT2D eigenvalue weighted by molar-refractivity contribution is 0.601. The molecular formula is C12H18N6O2. The summed E-state index contributed by atoms with van der Waals surface area (Å²) in [5.74, 6) is 0.628. The van der Waals surface area contributed by atoms with Gasteiger partial charge in [-0.1, -0.05) is 6.92 Å². The summed E-state index contributed by atoms with van der Waals surface area (Å²) >= 11 is 0. The molecule has 8 nitrogen and oxygen atoms in total. The van der Waals surface area contributed by atoms with Gasteiger partial charge in [-0.3, -0.25) is 18.6 Å². The van der Waals surface area contributed by atoms with Crippen LogP contribution in [0.3, 0.4) is 0 Å². The Morgan fingerprint density at radius 3 is 2.60 bits per heavy atom. The van der Waals surface area contributed by atoms with Crippen molar-refractivity contribution in [3.8, 4) is 0 Å². The van der Waals surface area contributed by atoms with E-state index in [1.807, 2.05) is 6.92 Å². The highest BCUT2D eigenvalue weighted by molar-refractivity contribution is 5.67. The second-order valence-electron chi connectivity index (χ2n) is 4.56. The normalized spacial score (nSPS) is 10.8. The molecule has 0 aromatic carbocycles. The van der Waals surface area contributed by atoms with Crippen LogP contribution in [0.2, 0.25) is 0 Å². The fourth-order valence-corrected chi connectivity index (χ4v) is 1.95. The molecule has 3 N–H and O–H groups in total. The van der Waals surface area contributed by atoms with Crippen molar-refractivity contribution in [1.82, 2.24) is 18.9 Å². The van der Waals surface area contributed by atoms with Crippen molar-refractivity contribution >= 4 is 17.3 Å². The van der Waals surface area contributed by atoms with Crippen molar-refractivity contribution in [1.29, 1.82) is 0 Å². The molecular weight excluding hydrogens is 260 g/mol. The maximum absolute atomic E-state index is 12.2. The minimum atomic E-state index is -0.467. The van der Waals surface area contributed by atoms with Gasteiger partial charge in [0.2, 0.25) is 0 Å².